The van der Waals surface area contributed by atoms with E-state index in [0.717, 1.165) is 0 Å². The lowest BCUT2D eigenvalue weighted by molar-refractivity contribution is -0.295. The fourth-order valence-corrected chi connectivity index (χ4v) is 0.759. The smallest absolute Gasteiger partial charge is 0.342 e. The summed E-state index contributed by atoms with van der Waals surface area (Å²) < 4.78 is 4.41. The summed E-state index contributed by atoms with van der Waals surface area (Å²) in [5, 5.41) is 51.7. The molecule has 0 radical (unpaired) electrons. The summed E-state index contributed by atoms with van der Waals surface area (Å²) >= 11 is 0. The van der Waals surface area contributed by atoms with Crippen LogP contribution in [0.1, 0.15) is 13.3 Å². The number of aliphatic hydroxyl groups is 6. The monoisotopic (exact) mass is 238 g/mol. The highest BCUT2D eigenvalue weighted by molar-refractivity contribution is 5.89. The third kappa shape index (κ3) is 5.75. The Morgan fingerprint density at radius 1 is 1.19 bits per heavy atom. The summed E-state index contributed by atoms with van der Waals surface area (Å²) in [6.07, 6.45) is 0.363. The zero-order valence-electron chi connectivity index (χ0n) is 8.49. The van der Waals surface area contributed by atoms with Crippen molar-refractivity contribution in [3.8, 4) is 0 Å². The molecule has 0 heterocycles. The van der Waals surface area contributed by atoms with Gasteiger partial charge in [0.25, 0.3) is 5.97 Å². The Morgan fingerprint density at radius 2 is 1.69 bits per heavy atom. The van der Waals surface area contributed by atoms with Gasteiger partial charge in [-0.15, -0.1) is 0 Å². The quantitative estimate of drug-likeness (QED) is 0.170. The lowest BCUT2D eigenvalue weighted by atomic mass is 10.2. The van der Waals surface area contributed by atoms with Crippen LogP contribution in [0.5, 0.6) is 0 Å². The second kappa shape index (κ2) is 5.34. The maximum Gasteiger partial charge on any atom is 0.342 e. The Labute approximate surface area is 90.6 Å². The highest BCUT2D eigenvalue weighted by Gasteiger charge is 2.35. The van der Waals surface area contributed by atoms with E-state index in [-0.39, 0.29) is 12.7 Å². The van der Waals surface area contributed by atoms with Crippen molar-refractivity contribution in [2.24, 2.45) is 0 Å². The van der Waals surface area contributed by atoms with Crippen molar-refractivity contribution in [3.05, 3.63) is 11.6 Å². The van der Waals surface area contributed by atoms with Gasteiger partial charge in [0.15, 0.2) is 0 Å². The molecule has 6 N–H and O–H groups in total. The van der Waals surface area contributed by atoms with Gasteiger partial charge in [-0.3, -0.25) is 0 Å². The van der Waals surface area contributed by atoms with Gasteiger partial charge in [0.2, 0.25) is 0 Å². The molecule has 0 rings (SSSR count). The van der Waals surface area contributed by atoms with Crippen molar-refractivity contribution in [2.75, 3.05) is 6.61 Å². The van der Waals surface area contributed by atoms with Crippen molar-refractivity contribution >= 4 is 5.97 Å². The van der Waals surface area contributed by atoms with Gasteiger partial charge in [-0.2, -0.15) is 0 Å². The molecule has 16 heavy (non-hydrogen) atoms. The molecule has 94 valence electrons. The predicted octanol–water partition coefficient (Wildman–Crippen LogP) is -2.87. The molecular weight excluding hydrogens is 224 g/mol. The van der Waals surface area contributed by atoms with Crippen LogP contribution in [0.4, 0.5) is 0 Å². The molecule has 8 heteroatoms. The molecule has 0 spiro atoms. The summed E-state index contributed by atoms with van der Waals surface area (Å²) in [7, 11) is 0. The maximum atomic E-state index is 11.1. The molecule has 0 aromatic heterocycles. The molecular formula is C8H14O8. The molecule has 0 aromatic carbocycles. The fourth-order valence-electron chi connectivity index (χ4n) is 0.759. The topological polar surface area (TPSA) is 148 Å². The van der Waals surface area contributed by atoms with Crippen molar-refractivity contribution in [1.29, 1.82) is 0 Å². The normalized spacial score (nSPS) is 13.8. The van der Waals surface area contributed by atoms with E-state index in [2.05, 4.69) is 4.74 Å². The number of ether oxygens (including phenoxy) is 1. The summed E-state index contributed by atoms with van der Waals surface area (Å²) in [4.78, 5) is 11.1. The Bertz CT molecular complexity index is 269. The van der Waals surface area contributed by atoms with Crippen LogP contribution >= 0.6 is 0 Å². The van der Waals surface area contributed by atoms with Crippen LogP contribution in [-0.4, -0.2) is 55.2 Å². The fraction of sp³-hybridized carbons (Fsp3) is 0.625. The van der Waals surface area contributed by atoms with Gasteiger partial charge in [0.05, 0.1) is 6.61 Å². The first kappa shape index (κ1) is 15.0. The molecule has 0 fully saturated rings. The zero-order valence-corrected chi connectivity index (χ0v) is 8.49. The number of esters is 1. The summed E-state index contributed by atoms with van der Waals surface area (Å²) in [6, 6.07) is 0. The predicted molar refractivity (Wildman–Crippen MR) is 48.1 cm³/mol. The standard InChI is InChI=1S/C8H14O8/c1-2-3-16-6(9)5(8(13,14)15)4-7(10,11)12/h4,10-15H,2-3H2,1H3. The Hall–Kier alpha value is -1.03. The molecule has 0 aromatic rings. The third-order valence-corrected chi connectivity index (χ3v) is 1.36. The highest BCUT2D eigenvalue weighted by Crippen LogP contribution is 2.15. The van der Waals surface area contributed by atoms with E-state index in [9.17, 15) is 4.79 Å². The number of carbonyl (C=O) groups is 1. The molecule has 0 bridgehead atoms. The van der Waals surface area contributed by atoms with Gasteiger partial charge in [-0.05, 0) is 6.42 Å². The maximum absolute atomic E-state index is 11.1. The van der Waals surface area contributed by atoms with E-state index in [1.54, 1.807) is 6.92 Å². The Balaban J connectivity index is 4.98. The van der Waals surface area contributed by atoms with Crippen LogP contribution in [0.15, 0.2) is 11.6 Å². The lowest BCUT2D eigenvalue weighted by Gasteiger charge is -2.19. The Kier molecular flexibility index (Phi) is 5.00. The minimum absolute atomic E-state index is 0.0645. The van der Waals surface area contributed by atoms with Gasteiger partial charge in [-0.25, -0.2) is 4.79 Å². The minimum Gasteiger partial charge on any atom is -0.462 e. The molecule has 0 aliphatic rings. The van der Waals surface area contributed by atoms with Crippen molar-refractivity contribution in [2.45, 2.75) is 25.3 Å². The summed E-state index contributed by atoms with van der Waals surface area (Å²) in [6.45, 7) is 1.58. The SMILES string of the molecule is CCCOC(=O)C(=CC(O)(O)O)C(O)(O)O. The van der Waals surface area contributed by atoms with E-state index >= 15 is 0 Å². The van der Waals surface area contributed by atoms with Crippen LogP contribution < -0.4 is 0 Å². The molecule has 0 aliphatic heterocycles. The van der Waals surface area contributed by atoms with Crippen LogP contribution in [-0.2, 0) is 9.53 Å². The van der Waals surface area contributed by atoms with E-state index in [4.69, 9.17) is 30.6 Å². The van der Waals surface area contributed by atoms with E-state index in [1.807, 2.05) is 0 Å². The molecule has 0 saturated carbocycles. The third-order valence-electron chi connectivity index (χ3n) is 1.36. The lowest BCUT2D eigenvalue weighted by Crippen LogP contribution is -2.38. The molecule has 0 atom stereocenters. The summed E-state index contributed by atoms with van der Waals surface area (Å²) in [5.74, 6) is -8.54. The first-order valence-corrected chi connectivity index (χ1v) is 4.32. The second-order valence-electron chi connectivity index (χ2n) is 3.02. The van der Waals surface area contributed by atoms with Crippen LogP contribution in [0, 0.1) is 0 Å². The van der Waals surface area contributed by atoms with E-state index in [0.29, 0.717) is 6.42 Å². The summed E-state index contributed by atoms with van der Waals surface area (Å²) in [5.41, 5.74) is -1.31. The Morgan fingerprint density at radius 3 is 2.00 bits per heavy atom. The average Bonchev–Trinajstić information content (AvgIpc) is 2.07. The first-order chi connectivity index (χ1) is 7.08. The largest absolute Gasteiger partial charge is 0.462 e. The van der Waals surface area contributed by atoms with E-state index in [1.165, 1.54) is 0 Å². The number of hydrogen-bond acceptors (Lipinski definition) is 8. The average molecular weight is 238 g/mol. The number of hydrogen-bond donors (Lipinski definition) is 6. The van der Waals surface area contributed by atoms with Gasteiger partial charge in [-0.1, -0.05) is 6.92 Å². The molecule has 0 saturated heterocycles. The first-order valence-electron chi connectivity index (χ1n) is 4.32. The highest BCUT2D eigenvalue weighted by atomic mass is 16.7. The van der Waals surface area contributed by atoms with Gasteiger partial charge >= 0.3 is 11.9 Å². The molecule has 8 nitrogen and oxygen atoms in total. The van der Waals surface area contributed by atoms with Crippen LogP contribution in [0.25, 0.3) is 0 Å². The molecule has 0 aliphatic carbocycles. The number of carbonyl (C=O) groups excluding carboxylic acids is 1. The van der Waals surface area contributed by atoms with Gasteiger partial charge < -0.3 is 35.4 Å². The molecule has 0 unspecified atom stereocenters. The zero-order chi connectivity index (χ0) is 13.0. The molecule has 0 amide bonds. The van der Waals surface area contributed by atoms with Crippen molar-refractivity contribution in [3.63, 3.8) is 0 Å². The van der Waals surface area contributed by atoms with Crippen molar-refractivity contribution < 1.29 is 40.2 Å². The second-order valence-corrected chi connectivity index (χ2v) is 3.02. The van der Waals surface area contributed by atoms with Crippen LogP contribution in [0.3, 0.4) is 0 Å². The van der Waals surface area contributed by atoms with Gasteiger partial charge in [0.1, 0.15) is 5.57 Å². The van der Waals surface area contributed by atoms with Crippen LogP contribution in [0.2, 0.25) is 0 Å². The minimum atomic E-state index is -3.65. The van der Waals surface area contributed by atoms with Crippen molar-refractivity contribution in [1.82, 2.24) is 0 Å². The van der Waals surface area contributed by atoms with E-state index < -0.39 is 23.5 Å². The van der Waals surface area contributed by atoms with Gasteiger partial charge in [0, 0.05) is 6.08 Å². The number of rotatable bonds is 5.